The van der Waals surface area contributed by atoms with Gasteiger partial charge >= 0.3 is 0 Å². The highest BCUT2D eigenvalue weighted by atomic mass is 14.2. The van der Waals surface area contributed by atoms with Gasteiger partial charge in [-0.25, -0.2) is 0 Å². The summed E-state index contributed by atoms with van der Waals surface area (Å²) in [4.78, 5) is 0. The lowest BCUT2D eigenvalue weighted by molar-refractivity contribution is 0.795. The second kappa shape index (κ2) is 10.4. The van der Waals surface area contributed by atoms with Crippen molar-refractivity contribution in [3.8, 4) is 22.3 Å². The summed E-state index contributed by atoms with van der Waals surface area (Å²) in [6.07, 6.45) is 7.01. The van der Waals surface area contributed by atoms with Gasteiger partial charge in [0.05, 0.1) is 0 Å². The molecule has 0 aliphatic rings. The van der Waals surface area contributed by atoms with Crippen molar-refractivity contribution in [1.29, 1.82) is 0 Å². The SMILES string of the molecule is CCCCc1ccccc1-c1cc2cccc3c4cccc5cccc(c(c1-c1ccccc1CCCC)c23)c54. The van der Waals surface area contributed by atoms with Crippen molar-refractivity contribution in [2.24, 2.45) is 0 Å². The van der Waals surface area contributed by atoms with Crippen molar-refractivity contribution in [2.75, 3.05) is 0 Å². The Morgan fingerprint density at radius 2 is 0.975 bits per heavy atom. The minimum absolute atomic E-state index is 1.10. The molecule has 7 aromatic rings. The van der Waals surface area contributed by atoms with Gasteiger partial charge in [-0.1, -0.05) is 130 Å². The van der Waals surface area contributed by atoms with Gasteiger partial charge in [-0.3, -0.25) is 0 Å². The van der Waals surface area contributed by atoms with Gasteiger partial charge in [0, 0.05) is 0 Å². The van der Waals surface area contributed by atoms with Gasteiger partial charge in [-0.05, 0) is 108 Å². The van der Waals surface area contributed by atoms with E-state index >= 15 is 0 Å². The fourth-order valence-corrected chi connectivity index (χ4v) is 6.93. The first-order valence-corrected chi connectivity index (χ1v) is 15.1. The van der Waals surface area contributed by atoms with E-state index in [-0.39, 0.29) is 0 Å². The van der Waals surface area contributed by atoms with Crippen LogP contribution in [0.3, 0.4) is 0 Å². The normalized spacial score (nSPS) is 11.8. The van der Waals surface area contributed by atoms with Crippen molar-refractivity contribution in [2.45, 2.75) is 52.4 Å². The highest BCUT2D eigenvalue weighted by molar-refractivity contribution is 6.36. The molecule has 0 heteroatoms. The maximum atomic E-state index is 2.49. The quantitative estimate of drug-likeness (QED) is 0.139. The van der Waals surface area contributed by atoms with Crippen molar-refractivity contribution < 1.29 is 0 Å². The van der Waals surface area contributed by atoms with E-state index in [2.05, 4.69) is 123 Å². The Bertz CT molecular complexity index is 1970. The Kier molecular flexibility index (Phi) is 6.48. The van der Waals surface area contributed by atoms with E-state index in [4.69, 9.17) is 0 Å². The number of hydrogen-bond donors (Lipinski definition) is 0. The number of benzene rings is 7. The molecule has 0 bridgehead atoms. The average Bonchev–Trinajstić information content (AvgIpc) is 3.01. The van der Waals surface area contributed by atoms with Gasteiger partial charge in [-0.2, -0.15) is 0 Å². The Hall–Kier alpha value is -4.16. The van der Waals surface area contributed by atoms with Gasteiger partial charge in [-0.15, -0.1) is 0 Å². The van der Waals surface area contributed by atoms with Crippen LogP contribution in [0, 0.1) is 0 Å². The molecule has 0 spiro atoms. The summed E-state index contributed by atoms with van der Waals surface area (Å²) < 4.78 is 0. The topological polar surface area (TPSA) is 0 Å². The van der Waals surface area contributed by atoms with Crippen LogP contribution in [0.2, 0.25) is 0 Å². The molecule has 40 heavy (non-hydrogen) atoms. The Labute approximate surface area is 237 Å². The third-order valence-electron chi connectivity index (χ3n) is 8.82. The van der Waals surface area contributed by atoms with Gasteiger partial charge in [0.1, 0.15) is 0 Å². The van der Waals surface area contributed by atoms with Gasteiger partial charge in [0.15, 0.2) is 0 Å². The molecule has 7 aromatic carbocycles. The summed E-state index contributed by atoms with van der Waals surface area (Å²) >= 11 is 0. The van der Waals surface area contributed by atoms with E-state index in [0.717, 1.165) is 12.8 Å². The maximum Gasteiger partial charge on any atom is -0.000775 e. The zero-order chi connectivity index (χ0) is 27.1. The molecule has 0 saturated heterocycles. The largest absolute Gasteiger partial charge is 0.0654 e. The molecular weight excluding hydrogens is 480 g/mol. The third-order valence-corrected chi connectivity index (χ3v) is 8.82. The van der Waals surface area contributed by atoms with E-state index in [1.54, 1.807) is 0 Å². The molecule has 0 heterocycles. The maximum absolute atomic E-state index is 2.49. The molecule has 0 atom stereocenters. The number of unbranched alkanes of at least 4 members (excludes halogenated alkanes) is 2. The van der Waals surface area contributed by atoms with Crippen LogP contribution in [0.15, 0.2) is 109 Å². The van der Waals surface area contributed by atoms with Crippen molar-refractivity contribution in [3.63, 3.8) is 0 Å². The lowest BCUT2D eigenvalue weighted by Crippen LogP contribution is -1.98. The van der Waals surface area contributed by atoms with E-state index in [0.29, 0.717) is 0 Å². The van der Waals surface area contributed by atoms with E-state index < -0.39 is 0 Å². The molecule has 196 valence electrons. The molecule has 0 radical (unpaired) electrons. The summed E-state index contributed by atoms with van der Waals surface area (Å²) in [5.41, 5.74) is 8.44. The van der Waals surface area contributed by atoms with E-state index in [1.807, 2.05) is 0 Å². The molecular formula is C40H36. The Balaban J connectivity index is 1.71. The number of fused-ring (bicyclic) bond motifs is 2. The molecule has 0 nitrogen and oxygen atoms in total. The lowest BCUT2D eigenvalue weighted by Gasteiger charge is -2.23. The molecule has 7 rings (SSSR count). The van der Waals surface area contributed by atoms with E-state index in [1.165, 1.54) is 102 Å². The summed E-state index contributed by atoms with van der Waals surface area (Å²) in [7, 11) is 0. The Morgan fingerprint density at radius 1 is 0.425 bits per heavy atom. The summed E-state index contributed by atoms with van der Waals surface area (Å²) in [6, 6.07) is 41.4. The predicted octanol–water partition coefficient (Wildman–Crippen LogP) is 11.8. The van der Waals surface area contributed by atoms with Crippen LogP contribution in [-0.4, -0.2) is 0 Å². The molecule has 0 aliphatic heterocycles. The van der Waals surface area contributed by atoms with Crippen LogP contribution in [0.1, 0.15) is 50.7 Å². The molecule has 0 aliphatic carbocycles. The fourth-order valence-electron chi connectivity index (χ4n) is 6.93. The molecule has 0 saturated carbocycles. The first-order chi connectivity index (χ1) is 19.8. The number of aryl methyl sites for hydroxylation is 2. The molecule has 0 fully saturated rings. The zero-order valence-corrected chi connectivity index (χ0v) is 23.6. The van der Waals surface area contributed by atoms with Gasteiger partial charge in [0.25, 0.3) is 0 Å². The van der Waals surface area contributed by atoms with Crippen molar-refractivity contribution in [3.05, 3.63) is 120 Å². The number of hydrogen-bond acceptors (Lipinski definition) is 0. The monoisotopic (exact) mass is 516 g/mol. The smallest absolute Gasteiger partial charge is 0.000775 e. The minimum atomic E-state index is 1.10. The first-order valence-electron chi connectivity index (χ1n) is 15.1. The van der Waals surface area contributed by atoms with Gasteiger partial charge in [0.2, 0.25) is 0 Å². The zero-order valence-electron chi connectivity index (χ0n) is 23.6. The average molecular weight is 517 g/mol. The molecule has 0 unspecified atom stereocenters. The predicted molar refractivity (Wildman–Crippen MR) is 176 cm³/mol. The van der Waals surface area contributed by atoms with Crippen molar-refractivity contribution >= 4 is 43.1 Å². The second-order valence-corrected chi connectivity index (χ2v) is 11.3. The summed E-state index contributed by atoms with van der Waals surface area (Å²) in [6.45, 7) is 4.58. The van der Waals surface area contributed by atoms with Crippen LogP contribution in [0.5, 0.6) is 0 Å². The lowest BCUT2D eigenvalue weighted by atomic mass is 9.80. The van der Waals surface area contributed by atoms with Crippen LogP contribution >= 0.6 is 0 Å². The van der Waals surface area contributed by atoms with Crippen LogP contribution in [0.4, 0.5) is 0 Å². The van der Waals surface area contributed by atoms with Crippen molar-refractivity contribution in [1.82, 2.24) is 0 Å². The third kappa shape index (κ3) is 3.97. The first kappa shape index (κ1) is 24.9. The van der Waals surface area contributed by atoms with Crippen LogP contribution in [0.25, 0.3) is 65.3 Å². The highest BCUT2D eigenvalue weighted by Crippen LogP contribution is 2.49. The molecule has 0 N–H and O–H groups in total. The number of rotatable bonds is 8. The van der Waals surface area contributed by atoms with Crippen LogP contribution in [-0.2, 0) is 12.8 Å². The van der Waals surface area contributed by atoms with E-state index in [9.17, 15) is 0 Å². The Morgan fingerprint density at radius 3 is 1.65 bits per heavy atom. The highest BCUT2D eigenvalue weighted by Gasteiger charge is 2.22. The molecule has 0 amide bonds. The minimum Gasteiger partial charge on any atom is -0.0654 e. The summed E-state index contributed by atoms with van der Waals surface area (Å²) in [5.74, 6) is 0. The van der Waals surface area contributed by atoms with Gasteiger partial charge < -0.3 is 0 Å². The summed E-state index contributed by atoms with van der Waals surface area (Å²) in [5, 5.41) is 10.9. The van der Waals surface area contributed by atoms with Crippen LogP contribution < -0.4 is 0 Å². The standard InChI is InChI=1S/C40H36/c1-3-5-14-27-16-7-9-21-31(27)36-26-30-20-13-24-34-33-23-11-18-29-19-12-25-35(37(29)33)40(38(30)34)39(36)32-22-10-8-17-28(32)15-6-4-2/h7-13,16-26H,3-6,14-15H2,1-2H3. The molecule has 0 aromatic heterocycles. The fraction of sp³-hybridized carbons (Fsp3) is 0.200. The second-order valence-electron chi connectivity index (χ2n) is 11.3.